The molecule has 0 aliphatic heterocycles. The maximum atomic E-state index is 5.58. The molecular formula is C16H14N4S2. The Balaban J connectivity index is 1.73. The quantitative estimate of drug-likeness (QED) is 0.541. The summed E-state index contributed by atoms with van der Waals surface area (Å²) in [5.74, 6) is 0.503. The highest BCUT2D eigenvalue weighted by atomic mass is 32.2. The highest BCUT2D eigenvalue weighted by Gasteiger charge is 2.02. The van der Waals surface area contributed by atoms with Crippen molar-refractivity contribution in [3.05, 3.63) is 65.5 Å². The zero-order chi connectivity index (χ0) is 15.2. The lowest BCUT2D eigenvalue weighted by molar-refractivity contribution is 1.28. The molecule has 0 atom stereocenters. The van der Waals surface area contributed by atoms with Gasteiger partial charge < -0.3 is 5.73 Å². The van der Waals surface area contributed by atoms with Crippen molar-refractivity contribution in [1.82, 2.24) is 4.98 Å². The minimum Gasteiger partial charge on any atom is -0.383 e. The van der Waals surface area contributed by atoms with Crippen LogP contribution in [0.2, 0.25) is 0 Å². The molecule has 0 fully saturated rings. The summed E-state index contributed by atoms with van der Waals surface area (Å²) >= 11 is 3.14. The highest BCUT2D eigenvalue weighted by molar-refractivity contribution is 7.99. The molecule has 6 heteroatoms. The number of thiazole rings is 1. The molecule has 0 radical (unpaired) electrons. The average Bonchev–Trinajstić information content (AvgIpc) is 2.95. The van der Waals surface area contributed by atoms with Crippen LogP contribution in [0.1, 0.15) is 5.56 Å². The van der Waals surface area contributed by atoms with Gasteiger partial charge in [-0.1, -0.05) is 48.2 Å². The number of nitrogen functional groups attached to an aromatic ring is 1. The van der Waals surface area contributed by atoms with Crippen LogP contribution in [-0.4, -0.2) is 11.2 Å². The number of nitrogens with two attached hydrogens (primary N) is 1. The van der Waals surface area contributed by atoms with E-state index in [4.69, 9.17) is 5.73 Å². The van der Waals surface area contributed by atoms with Gasteiger partial charge >= 0.3 is 0 Å². The summed E-state index contributed by atoms with van der Waals surface area (Å²) in [5.41, 5.74) is 9.52. The van der Waals surface area contributed by atoms with Gasteiger partial charge in [-0.2, -0.15) is 5.10 Å². The molecule has 0 bridgehead atoms. The van der Waals surface area contributed by atoms with Gasteiger partial charge in [0.15, 0.2) is 0 Å². The predicted octanol–water partition coefficient (Wildman–Crippen LogP) is 4.32. The molecule has 0 amide bonds. The van der Waals surface area contributed by atoms with Crippen molar-refractivity contribution < 1.29 is 0 Å². The van der Waals surface area contributed by atoms with E-state index in [-0.39, 0.29) is 0 Å². The molecule has 0 unspecified atom stereocenters. The SMILES string of the molecule is Nc1csc(NN=Cc2ccccc2Sc2ccccc2)n1. The molecule has 3 N–H and O–H groups in total. The lowest BCUT2D eigenvalue weighted by Gasteiger charge is -2.05. The maximum Gasteiger partial charge on any atom is 0.205 e. The number of hydrogen-bond donors (Lipinski definition) is 2. The van der Waals surface area contributed by atoms with E-state index in [2.05, 4.69) is 33.7 Å². The minimum absolute atomic E-state index is 0.503. The number of nitrogens with zero attached hydrogens (tertiary/aromatic N) is 2. The predicted molar refractivity (Wildman–Crippen MR) is 94.8 cm³/mol. The number of rotatable bonds is 5. The van der Waals surface area contributed by atoms with Crippen molar-refractivity contribution in [1.29, 1.82) is 0 Å². The van der Waals surface area contributed by atoms with Crippen LogP contribution in [0.15, 0.2) is 74.9 Å². The molecule has 3 rings (SSSR count). The second kappa shape index (κ2) is 7.11. The third-order valence-corrected chi connectivity index (χ3v) is 4.64. The minimum atomic E-state index is 0.503. The first-order valence-corrected chi connectivity index (χ1v) is 8.33. The normalized spacial score (nSPS) is 10.9. The standard InChI is InChI=1S/C16H14N4S2/c17-15-11-21-16(19-15)20-18-10-12-6-4-5-9-14(12)22-13-7-2-1-3-8-13/h1-11H,17H2,(H,19,20). The first-order chi connectivity index (χ1) is 10.8. The lowest BCUT2D eigenvalue weighted by Crippen LogP contribution is -1.92. The summed E-state index contributed by atoms with van der Waals surface area (Å²) in [4.78, 5) is 6.45. The fourth-order valence-electron chi connectivity index (χ4n) is 1.79. The lowest BCUT2D eigenvalue weighted by atomic mass is 10.2. The number of hydrazone groups is 1. The van der Waals surface area contributed by atoms with Crippen LogP contribution >= 0.6 is 23.1 Å². The third-order valence-electron chi connectivity index (χ3n) is 2.78. The average molecular weight is 326 g/mol. The summed E-state index contributed by atoms with van der Waals surface area (Å²) in [7, 11) is 0. The van der Waals surface area contributed by atoms with Crippen molar-refractivity contribution in [2.24, 2.45) is 5.10 Å². The second-order valence-electron chi connectivity index (χ2n) is 4.40. The Hall–Kier alpha value is -2.31. The summed E-state index contributed by atoms with van der Waals surface area (Å²) in [6.45, 7) is 0. The molecule has 0 spiro atoms. The largest absolute Gasteiger partial charge is 0.383 e. The van der Waals surface area contributed by atoms with Gasteiger partial charge in [-0.3, -0.25) is 5.43 Å². The van der Waals surface area contributed by atoms with E-state index in [1.807, 2.05) is 36.4 Å². The molecule has 2 aromatic carbocycles. The van der Waals surface area contributed by atoms with E-state index in [0.29, 0.717) is 10.9 Å². The fourth-order valence-corrected chi connectivity index (χ4v) is 3.27. The Morgan fingerprint density at radius 1 is 1.09 bits per heavy atom. The van der Waals surface area contributed by atoms with Crippen LogP contribution in [0.3, 0.4) is 0 Å². The molecule has 3 aromatic rings. The van der Waals surface area contributed by atoms with Crippen molar-refractivity contribution in [2.75, 3.05) is 11.2 Å². The number of nitrogens with one attached hydrogen (secondary N) is 1. The smallest absolute Gasteiger partial charge is 0.205 e. The van der Waals surface area contributed by atoms with Gasteiger partial charge in [0.25, 0.3) is 0 Å². The Bertz CT molecular complexity index is 769. The highest BCUT2D eigenvalue weighted by Crippen LogP contribution is 2.29. The third kappa shape index (κ3) is 3.87. The summed E-state index contributed by atoms with van der Waals surface area (Å²) < 4.78 is 0. The summed E-state index contributed by atoms with van der Waals surface area (Å²) in [6.07, 6.45) is 1.79. The van der Waals surface area contributed by atoms with Crippen LogP contribution in [0.25, 0.3) is 0 Å². The Morgan fingerprint density at radius 3 is 2.64 bits per heavy atom. The van der Waals surface area contributed by atoms with Crippen LogP contribution < -0.4 is 11.2 Å². The Kier molecular flexibility index (Phi) is 4.72. The first-order valence-electron chi connectivity index (χ1n) is 6.63. The van der Waals surface area contributed by atoms with Gasteiger partial charge in [0.2, 0.25) is 5.13 Å². The van der Waals surface area contributed by atoms with Crippen molar-refractivity contribution in [2.45, 2.75) is 9.79 Å². The molecule has 0 saturated heterocycles. The van der Waals surface area contributed by atoms with Crippen LogP contribution in [-0.2, 0) is 0 Å². The molecule has 0 aliphatic carbocycles. The van der Waals surface area contributed by atoms with Crippen LogP contribution in [0, 0.1) is 0 Å². The van der Waals surface area contributed by atoms with Crippen molar-refractivity contribution in [3.8, 4) is 0 Å². The van der Waals surface area contributed by atoms with E-state index in [1.54, 1.807) is 23.4 Å². The molecule has 0 saturated carbocycles. The molecular weight excluding hydrogens is 312 g/mol. The number of anilines is 2. The van der Waals surface area contributed by atoms with E-state index in [1.165, 1.54) is 16.2 Å². The van der Waals surface area contributed by atoms with Gasteiger partial charge in [-0.25, -0.2) is 4.98 Å². The number of aromatic nitrogens is 1. The van der Waals surface area contributed by atoms with Gasteiger partial charge in [-0.05, 0) is 18.2 Å². The monoisotopic (exact) mass is 326 g/mol. The molecule has 110 valence electrons. The Morgan fingerprint density at radius 2 is 1.86 bits per heavy atom. The zero-order valence-electron chi connectivity index (χ0n) is 11.6. The van der Waals surface area contributed by atoms with Crippen LogP contribution in [0.5, 0.6) is 0 Å². The molecule has 1 heterocycles. The van der Waals surface area contributed by atoms with Crippen molar-refractivity contribution in [3.63, 3.8) is 0 Å². The fraction of sp³-hybridized carbons (Fsp3) is 0. The van der Waals surface area contributed by atoms with E-state index < -0.39 is 0 Å². The molecule has 0 aliphatic rings. The second-order valence-corrected chi connectivity index (χ2v) is 6.37. The topological polar surface area (TPSA) is 63.3 Å². The van der Waals surface area contributed by atoms with E-state index in [0.717, 1.165) is 10.5 Å². The van der Waals surface area contributed by atoms with Gasteiger partial charge in [0, 0.05) is 20.7 Å². The molecule has 22 heavy (non-hydrogen) atoms. The van der Waals surface area contributed by atoms with Gasteiger partial charge in [0.1, 0.15) is 5.82 Å². The van der Waals surface area contributed by atoms with E-state index >= 15 is 0 Å². The summed E-state index contributed by atoms with van der Waals surface area (Å²) in [5, 5.41) is 6.69. The van der Waals surface area contributed by atoms with Gasteiger partial charge in [0.05, 0.1) is 6.21 Å². The molecule has 1 aromatic heterocycles. The van der Waals surface area contributed by atoms with E-state index in [9.17, 15) is 0 Å². The molecule has 4 nitrogen and oxygen atoms in total. The van der Waals surface area contributed by atoms with Crippen molar-refractivity contribution >= 4 is 40.3 Å². The maximum absolute atomic E-state index is 5.58. The zero-order valence-corrected chi connectivity index (χ0v) is 13.3. The number of benzene rings is 2. The van der Waals surface area contributed by atoms with Gasteiger partial charge in [-0.15, -0.1) is 11.3 Å². The number of hydrogen-bond acceptors (Lipinski definition) is 6. The summed E-state index contributed by atoms with van der Waals surface area (Å²) in [6, 6.07) is 18.4. The van der Waals surface area contributed by atoms with Crippen LogP contribution in [0.4, 0.5) is 10.9 Å². The first kappa shape index (κ1) is 14.6. The Labute approximate surface area is 137 Å².